The van der Waals surface area contributed by atoms with Gasteiger partial charge in [0.1, 0.15) is 7.05 Å². The van der Waals surface area contributed by atoms with Crippen molar-refractivity contribution < 1.29 is 4.57 Å². The van der Waals surface area contributed by atoms with Crippen molar-refractivity contribution in [3.8, 4) is 22.4 Å². The fourth-order valence-electron chi connectivity index (χ4n) is 3.64. The summed E-state index contributed by atoms with van der Waals surface area (Å²) in [5.74, 6) is 0. The fraction of sp³-hybridized carbons (Fsp3) is 0.107. The minimum Gasteiger partial charge on any atom is -0.378 e. The lowest BCUT2D eigenvalue weighted by Gasteiger charge is -2.11. The number of anilines is 1. The molecule has 0 bridgehead atoms. The molecule has 0 aliphatic carbocycles. The summed E-state index contributed by atoms with van der Waals surface area (Å²) in [6.07, 6.45) is 4.36. The number of nitrogens with zero attached hydrogens (tertiary/aromatic N) is 2. The maximum Gasteiger partial charge on any atom is 0.213 e. The Hall–Kier alpha value is -2.69. The molecule has 0 fully saturated rings. The Bertz CT molecular complexity index is 1260. The van der Waals surface area contributed by atoms with E-state index in [4.69, 9.17) is 0 Å². The van der Waals surface area contributed by atoms with Crippen LogP contribution in [0.2, 0.25) is 0 Å². The summed E-state index contributed by atoms with van der Waals surface area (Å²) < 4.78 is 4.40. The molecule has 4 aromatic rings. The quantitative estimate of drug-likeness (QED) is 0.233. The van der Waals surface area contributed by atoms with E-state index in [2.05, 4.69) is 160 Å². The van der Waals surface area contributed by atoms with E-state index in [-0.39, 0.29) is 0 Å². The average molecular weight is 549 g/mol. The van der Waals surface area contributed by atoms with Crippen molar-refractivity contribution >= 4 is 49.7 Å². The molecule has 0 amide bonds. The Morgan fingerprint density at radius 2 is 1.41 bits per heavy atom. The molecule has 2 nitrogen and oxygen atoms in total. The van der Waals surface area contributed by atoms with E-state index in [9.17, 15) is 0 Å². The number of hydrogen-bond acceptors (Lipinski definition) is 1. The van der Waals surface area contributed by atoms with Crippen LogP contribution in [-0.4, -0.2) is 14.1 Å². The molecule has 1 heterocycles. The molecule has 3 aromatic carbocycles. The van der Waals surface area contributed by atoms with Gasteiger partial charge >= 0.3 is 0 Å². The van der Waals surface area contributed by atoms with Gasteiger partial charge in [-0.3, -0.25) is 0 Å². The maximum atomic E-state index is 3.62. The SMILES string of the molecule is CN(C)c1ccc(/C=C/c2cc(-c3ccc(Br)cc3)cc(-c3cccc(Br)c3)[n+]2C)cc1. The van der Waals surface area contributed by atoms with E-state index in [1.165, 1.54) is 27.9 Å². The molecule has 0 atom stereocenters. The second-order valence-corrected chi connectivity index (χ2v) is 9.78. The molecule has 4 heteroatoms. The first-order valence-corrected chi connectivity index (χ1v) is 12.0. The molecular formula is C28H25Br2N2+. The van der Waals surface area contributed by atoms with Gasteiger partial charge in [0.25, 0.3) is 0 Å². The van der Waals surface area contributed by atoms with Crippen molar-refractivity contribution in [3.05, 3.63) is 105 Å². The normalized spacial score (nSPS) is 11.2. The Morgan fingerprint density at radius 3 is 2.06 bits per heavy atom. The number of aromatic nitrogens is 1. The zero-order valence-corrected chi connectivity index (χ0v) is 21.6. The van der Waals surface area contributed by atoms with Crippen LogP contribution in [0, 0.1) is 0 Å². The first-order valence-electron chi connectivity index (χ1n) is 10.4. The summed E-state index contributed by atoms with van der Waals surface area (Å²) in [6, 6.07) is 30.0. The van der Waals surface area contributed by atoms with Crippen LogP contribution >= 0.6 is 31.9 Å². The van der Waals surface area contributed by atoms with Crippen molar-refractivity contribution in [2.24, 2.45) is 7.05 Å². The molecule has 0 spiro atoms. The van der Waals surface area contributed by atoms with Crippen molar-refractivity contribution in [2.45, 2.75) is 0 Å². The smallest absolute Gasteiger partial charge is 0.213 e. The Balaban J connectivity index is 1.80. The molecule has 0 radical (unpaired) electrons. The number of rotatable bonds is 5. The third-order valence-electron chi connectivity index (χ3n) is 5.50. The van der Waals surface area contributed by atoms with Gasteiger partial charge < -0.3 is 4.90 Å². The highest BCUT2D eigenvalue weighted by Gasteiger charge is 2.17. The summed E-state index contributed by atoms with van der Waals surface area (Å²) in [5, 5.41) is 0. The number of halogens is 2. The molecule has 4 rings (SSSR count). The van der Waals surface area contributed by atoms with Crippen LogP contribution in [0.1, 0.15) is 11.3 Å². The zero-order valence-electron chi connectivity index (χ0n) is 18.4. The Labute approximate surface area is 207 Å². The van der Waals surface area contributed by atoms with E-state index < -0.39 is 0 Å². The average Bonchev–Trinajstić information content (AvgIpc) is 2.79. The number of pyridine rings is 1. The summed E-state index contributed by atoms with van der Waals surface area (Å²) in [6.45, 7) is 0. The molecule has 1 aromatic heterocycles. The highest BCUT2D eigenvalue weighted by atomic mass is 79.9. The van der Waals surface area contributed by atoms with Gasteiger partial charge in [0.2, 0.25) is 11.4 Å². The highest BCUT2D eigenvalue weighted by Crippen LogP contribution is 2.28. The van der Waals surface area contributed by atoms with E-state index in [0.29, 0.717) is 0 Å². The minimum absolute atomic E-state index is 1.07. The molecule has 0 N–H and O–H groups in total. The van der Waals surface area contributed by atoms with Crippen molar-refractivity contribution in [1.82, 2.24) is 0 Å². The van der Waals surface area contributed by atoms with Crippen LogP contribution in [0.4, 0.5) is 5.69 Å². The minimum atomic E-state index is 1.07. The monoisotopic (exact) mass is 547 g/mol. The lowest BCUT2D eigenvalue weighted by molar-refractivity contribution is -0.662. The lowest BCUT2D eigenvalue weighted by Crippen LogP contribution is -2.34. The van der Waals surface area contributed by atoms with E-state index in [1.807, 2.05) is 0 Å². The van der Waals surface area contributed by atoms with Gasteiger partial charge in [0, 0.05) is 52.5 Å². The van der Waals surface area contributed by atoms with Crippen LogP contribution in [0.15, 0.2) is 93.9 Å². The second-order valence-electron chi connectivity index (χ2n) is 7.95. The summed E-state index contributed by atoms with van der Waals surface area (Å²) in [5.41, 5.74) is 8.22. The van der Waals surface area contributed by atoms with Gasteiger partial charge in [0.05, 0.1) is 0 Å². The third-order valence-corrected chi connectivity index (χ3v) is 6.52. The molecule has 0 saturated carbocycles. The zero-order chi connectivity index (χ0) is 22.7. The van der Waals surface area contributed by atoms with Gasteiger partial charge in [-0.2, -0.15) is 4.57 Å². The van der Waals surface area contributed by atoms with E-state index in [1.54, 1.807) is 0 Å². The van der Waals surface area contributed by atoms with Gasteiger partial charge in [-0.25, -0.2) is 0 Å². The molecule has 0 aliphatic rings. The number of benzene rings is 3. The van der Waals surface area contributed by atoms with Crippen molar-refractivity contribution in [1.29, 1.82) is 0 Å². The first kappa shape index (κ1) is 22.5. The predicted octanol–water partition coefficient (Wildman–Crippen LogP) is 7.61. The van der Waals surface area contributed by atoms with Crippen LogP contribution in [-0.2, 0) is 7.05 Å². The molecule has 0 aliphatic heterocycles. The predicted molar refractivity (Wildman–Crippen MR) is 144 cm³/mol. The van der Waals surface area contributed by atoms with Crippen LogP contribution < -0.4 is 9.47 Å². The topological polar surface area (TPSA) is 7.12 Å². The van der Waals surface area contributed by atoms with E-state index in [0.717, 1.165) is 20.3 Å². The second kappa shape index (κ2) is 9.85. The van der Waals surface area contributed by atoms with Gasteiger partial charge in [0.15, 0.2) is 0 Å². The van der Waals surface area contributed by atoms with Gasteiger partial charge in [-0.05, 0) is 65.2 Å². The molecule has 160 valence electrons. The molecule has 0 unspecified atom stereocenters. The largest absolute Gasteiger partial charge is 0.378 e. The van der Waals surface area contributed by atoms with Crippen molar-refractivity contribution in [3.63, 3.8) is 0 Å². The van der Waals surface area contributed by atoms with E-state index >= 15 is 0 Å². The first-order chi connectivity index (χ1) is 15.4. The highest BCUT2D eigenvalue weighted by molar-refractivity contribution is 9.10. The molecule has 0 saturated heterocycles. The molecular weight excluding hydrogens is 524 g/mol. The van der Waals surface area contributed by atoms with Crippen LogP contribution in [0.5, 0.6) is 0 Å². The maximum absolute atomic E-state index is 3.62. The van der Waals surface area contributed by atoms with Gasteiger partial charge in [-0.1, -0.05) is 62.2 Å². The van der Waals surface area contributed by atoms with Crippen LogP contribution in [0.3, 0.4) is 0 Å². The summed E-state index contributed by atoms with van der Waals surface area (Å²) in [7, 11) is 6.24. The standard InChI is InChI=1S/C28H25Br2N2/c1-31(2)26-14-7-20(8-15-26)9-16-27-18-23(21-10-12-24(29)13-11-21)19-28(32(27)3)22-5-4-6-25(30)17-22/h4-19H,1-3H3/q+1. The van der Waals surface area contributed by atoms with Crippen LogP contribution in [0.25, 0.3) is 34.5 Å². The summed E-state index contributed by atoms with van der Waals surface area (Å²) >= 11 is 7.16. The fourth-order valence-corrected chi connectivity index (χ4v) is 4.30. The summed E-state index contributed by atoms with van der Waals surface area (Å²) in [4.78, 5) is 2.11. The number of hydrogen-bond donors (Lipinski definition) is 0. The third kappa shape index (κ3) is 5.20. The van der Waals surface area contributed by atoms with Gasteiger partial charge in [-0.15, -0.1) is 0 Å². The Morgan fingerprint density at radius 1 is 0.688 bits per heavy atom. The Kier molecular flexibility index (Phi) is 6.92. The lowest BCUT2D eigenvalue weighted by atomic mass is 10.0. The molecule has 32 heavy (non-hydrogen) atoms. The van der Waals surface area contributed by atoms with Crippen molar-refractivity contribution in [2.75, 3.05) is 19.0 Å².